The van der Waals surface area contributed by atoms with Crippen LogP contribution in [-0.4, -0.2) is 21.2 Å². The lowest BCUT2D eigenvalue weighted by atomic mass is 9.80. The summed E-state index contributed by atoms with van der Waals surface area (Å²) >= 11 is 0. The Labute approximate surface area is 108 Å². The topological polar surface area (TPSA) is 72.9 Å². The molecule has 0 aromatic carbocycles. The van der Waals surface area contributed by atoms with Crippen LogP contribution >= 0.6 is 0 Å². The maximum atomic E-state index is 12.0. The molecule has 1 fully saturated rings. The van der Waals surface area contributed by atoms with Crippen LogP contribution in [-0.2, 0) is 11.8 Å². The van der Waals surface area contributed by atoms with Gasteiger partial charge in [-0.15, -0.1) is 0 Å². The van der Waals surface area contributed by atoms with Crippen LogP contribution in [0.5, 0.6) is 0 Å². The van der Waals surface area contributed by atoms with Gasteiger partial charge in [0.05, 0.1) is 11.4 Å². The fraction of sp³-hybridized carbons (Fsp3) is 0.692. The van der Waals surface area contributed by atoms with E-state index >= 15 is 0 Å². The van der Waals surface area contributed by atoms with Gasteiger partial charge in [0.15, 0.2) is 0 Å². The van der Waals surface area contributed by atoms with Gasteiger partial charge in [-0.25, -0.2) is 0 Å². The average molecular weight is 250 g/mol. The highest BCUT2D eigenvalue weighted by molar-refractivity contribution is 5.91. The van der Waals surface area contributed by atoms with Crippen LogP contribution in [0.25, 0.3) is 0 Å². The predicted molar refractivity (Wildman–Crippen MR) is 71.2 cm³/mol. The van der Waals surface area contributed by atoms with E-state index in [9.17, 15) is 4.79 Å². The molecule has 100 valence electrons. The van der Waals surface area contributed by atoms with E-state index in [0.29, 0.717) is 6.42 Å². The second kappa shape index (κ2) is 5.10. The zero-order chi connectivity index (χ0) is 13.2. The molecule has 18 heavy (non-hydrogen) atoms. The first kappa shape index (κ1) is 13.1. The Morgan fingerprint density at radius 3 is 2.72 bits per heavy atom. The van der Waals surface area contributed by atoms with Crippen LogP contribution in [0.2, 0.25) is 0 Å². The summed E-state index contributed by atoms with van der Waals surface area (Å²) in [6.45, 7) is 1.88. The number of aromatic nitrogens is 2. The van der Waals surface area contributed by atoms with Crippen LogP contribution in [0.3, 0.4) is 0 Å². The molecule has 3 N–H and O–H groups in total. The third-order valence-electron chi connectivity index (χ3n) is 3.65. The van der Waals surface area contributed by atoms with Crippen LogP contribution in [0.15, 0.2) is 6.20 Å². The highest BCUT2D eigenvalue weighted by Gasteiger charge is 2.30. The van der Waals surface area contributed by atoms with E-state index in [0.717, 1.165) is 37.1 Å². The molecule has 0 spiro atoms. The number of hydrogen-bond donors (Lipinski definition) is 2. The summed E-state index contributed by atoms with van der Waals surface area (Å²) in [5.74, 6) is -0.00417. The molecule has 0 bridgehead atoms. The Morgan fingerprint density at radius 1 is 1.50 bits per heavy atom. The quantitative estimate of drug-likeness (QED) is 0.858. The summed E-state index contributed by atoms with van der Waals surface area (Å²) in [5, 5.41) is 7.10. The molecule has 1 aliphatic rings. The second-order valence-electron chi connectivity index (χ2n) is 5.45. The fourth-order valence-electron chi connectivity index (χ4n) is 2.67. The van der Waals surface area contributed by atoms with Gasteiger partial charge in [-0.1, -0.05) is 19.3 Å². The van der Waals surface area contributed by atoms with Crippen LogP contribution in [0.1, 0.15) is 44.2 Å². The Kier molecular flexibility index (Phi) is 3.71. The first-order valence-corrected chi connectivity index (χ1v) is 6.57. The summed E-state index contributed by atoms with van der Waals surface area (Å²) in [7, 11) is 1.84. The number of nitrogens with zero attached hydrogens (tertiary/aromatic N) is 2. The predicted octanol–water partition coefficient (Wildman–Crippen LogP) is 1.72. The molecule has 1 aliphatic carbocycles. The van der Waals surface area contributed by atoms with Gasteiger partial charge in [0.2, 0.25) is 5.91 Å². The molecule has 0 saturated heterocycles. The maximum Gasteiger partial charge on any atom is 0.226 e. The van der Waals surface area contributed by atoms with Crippen molar-refractivity contribution < 1.29 is 4.79 Å². The van der Waals surface area contributed by atoms with Gasteiger partial charge in [0, 0.05) is 25.2 Å². The summed E-state index contributed by atoms with van der Waals surface area (Å²) in [4.78, 5) is 12.0. The number of rotatable bonds is 3. The molecule has 0 unspecified atom stereocenters. The maximum absolute atomic E-state index is 12.0. The molecule has 1 saturated carbocycles. The first-order valence-electron chi connectivity index (χ1n) is 6.57. The minimum absolute atomic E-state index is 0.00417. The molecule has 2 rings (SSSR count). The first-order chi connectivity index (χ1) is 8.48. The molecule has 1 amide bonds. The van der Waals surface area contributed by atoms with E-state index in [1.807, 2.05) is 20.2 Å². The van der Waals surface area contributed by atoms with E-state index in [4.69, 9.17) is 5.73 Å². The number of hydrogen-bond acceptors (Lipinski definition) is 3. The van der Waals surface area contributed by atoms with Crippen molar-refractivity contribution >= 4 is 11.6 Å². The number of carbonyl (C=O) groups excluding carboxylic acids is 1. The van der Waals surface area contributed by atoms with Crippen LogP contribution in [0.4, 0.5) is 5.69 Å². The molecule has 1 heterocycles. The van der Waals surface area contributed by atoms with Gasteiger partial charge in [0.25, 0.3) is 0 Å². The fourth-order valence-corrected chi connectivity index (χ4v) is 2.67. The Hall–Kier alpha value is -1.36. The normalized spacial score (nSPS) is 18.6. The Bertz CT molecular complexity index is 432. The van der Waals surface area contributed by atoms with Crippen molar-refractivity contribution in [3.05, 3.63) is 11.9 Å². The molecule has 5 nitrogen and oxygen atoms in total. The van der Waals surface area contributed by atoms with E-state index in [-0.39, 0.29) is 11.4 Å². The van der Waals surface area contributed by atoms with E-state index in [1.165, 1.54) is 6.42 Å². The van der Waals surface area contributed by atoms with Gasteiger partial charge < -0.3 is 11.1 Å². The number of nitrogens with two attached hydrogens (primary N) is 1. The largest absolute Gasteiger partial charge is 0.325 e. The van der Waals surface area contributed by atoms with Crippen molar-refractivity contribution in [3.8, 4) is 0 Å². The lowest BCUT2D eigenvalue weighted by molar-refractivity contribution is -0.117. The minimum atomic E-state index is -0.307. The third kappa shape index (κ3) is 3.10. The number of aryl methyl sites for hydroxylation is 2. The van der Waals surface area contributed by atoms with Crippen molar-refractivity contribution in [1.82, 2.24) is 9.78 Å². The highest BCUT2D eigenvalue weighted by Crippen LogP contribution is 2.29. The zero-order valence-corrected chi connectivity index (χ0v) is 11.2. The standard InChI is InChI=1S/C13H22N4O/c1-10-11(9-17(2)16-10)15-12(18)8-13(14)6-4-3-5-7-13/h9H,3-8,14H2,1-2H3,(H,15,18). The molecular weight excluding hydrogens is 228 g/mol. The molecule has 1 aromatic rings. The SMILES string of the molecule is Cc1nn(C)cc1NC(=O)CC1(N)CCCCC1. The molecule has 5 heteroatoms. The highest BCUT2D eigenvalue weighted by atomic mass is 16.1. The smallest absolute Gasteiger partial charge is 0.226 e. The summed E-state index contributed by atoms with van der Waals surface area (Å²) < 4.78 is 1.70. The molecular formula is C13H22N4O. The van der Waals surface area contributed by atoms with Crippen molar-refractivity contribution in [3.63, 3.8) is 0 Å². The number of nitrogens with one attached hydrogen (secondary N) is 1. The van der Waals surface area contributed by atoms with Crippen LogP contribution in [0, 0.1) is 6.92 Å². The Morgan fingerprint density at radius 2 is 2.17 bits per heavy atom. The lowest BCUT2D eigenvalue weighted by Crippen LogP contribution is -2.44. The van der Waals surface area contributed by atoms with E-state index < -0.39 is 0 Å². The Balaban J connectivity index is 1.94. The van der Waals surface area contributed by atoms with Crippen molar-refractivity contribution in [1.29, 1.82) is 0 Å². The van der Waals surface area contributed by atoms with Crippen molar-refractivity contribution in [2.45, 2.75) is 51.0 Å². The summed E-state index contributed by atoms with van der Waals surface area (Å²) in [6, 6.07) is 0. The van der Waals surface area contributed by atoms with E-state index in [2.05, 4.69) is 10.4 Å². The summed E-state index contributed by atoms with van der Waals surface area (Å²) in [5.41, 5.74) is 7.58. The van der Waals surface area contributed by atoms with Crippen molar-refractivity contribution in [2.75, 3.05) is 5.32 Å². The number of anilines is 1. The van der Waals surface area contributed by atoms with Gasteiger partial charge >= 0.3 is 0 Å². The third-order valence-corrected chi connectivity index (χ3v) is 3.65. The van der Waals surface area contributed by atoms with Gasteiger partial charge in [-0.05, 0) is 19.8 Å². The van der Waals surface area contributed by atoms with Gasteiger partial charge in [0.1, 0.15) is 0 Å². The zero-order valence-electron chi connectivity index (χ0n) is 11.2. The molecule has 1 aromatic heterocycles. The number of amides is 1. The average Bonchev–Trinajstić information content (AvgIpc) is 2.57. The monoisotopic (exact) mass is 250 g/mol. The van der Waals surface area contributed by atoms with Crippen LogP contribution < -0.4 is 11.1 Å². The molecule has 0 radical (unpaired) electrons. The number of carbonyl (C=O) groups is 1. The van der Waals surface area contributed by atoms with E-state index in [1.54, 1.807) is 4.68 Å². The van der Waals surface area contributed by atoms with Crippen molar-refractivity contribution in [2.24, 2.45) is 12.8 Å². The summed E-state index contributed by atoms with van der Waals surface area (Å²) in [6.07, 6.45) is 7.63. The van der Waals surface area contributed by atoms with Gasteiger partial charge in [-0.3, -0.25) is 9.48 Å². The minimum Gasteiger partial charge on any atom is -0.325 e. The molecule has 0 aliphatic heterocycles. The second-order valence-corrected chi connectivity index (χ2v) is 5.45. The van der Waals surface area contributed by atoms with Gasteiger partial charge in [-0.2, -0.15) is 5.10 Å². The lowest BCUT2D eigenvalue weighted by Gasteiger charge is -2.32. The molecule has 0 atom stereocenters.